The van der Waals surface area contributed by atoms with Gasteiger partial charge in [-0.05, 0) is 18.8 Å². The van der Waals surface area contributed by atoms with Crippen molar-refractivity contribution in [3.05, 3.63) is 11.7 Å². The predicted molar refractivity (Wildman–Crippen MR) is 79.4 cm³/mol. The Labute approximate surface area is 121 Å². The van der Waals surface area contributed by atoms with Crippen LogP contribution in [0, 0.1) is 5.41 Å². The van der Waals surface area contributed by atoms with E-state index in [0.29, 0.717) is 5.89 Å². The molecule has 2 rings (SSSR count). The van der Waals surface area contributed by atoms with E-state index < -0.39 is 0 Å². The molecular formula is C15H28N4O. The third-order valence-electron chi connectivity index (χ3n) is 4.36. The Balaban J connectivity index is 2.12. The Bertz CT molecular complexity index is 461. The van der Waals surface area contributed by atoms with Crippen LogP contribution in [0.1, 0.15) is 65.7 Å². The molecule has 0 saturated carbocycles. The molecule has 1 aliphatic heterocycles. The van der Waals surface area contributed by atoms with Gasteiger partial charge in [0.15, 0.2) is 5.82 Å². The van der Waals surface area contributed by atoms with Crippen LogP contribution < -0.4 is 5.73 Å². The monoisotopic (exact) mass is 280 g/mol. The number of hydrogen-bond acceptors (Lipinski definition) is 5. The molecule has 1 aromatic heterocycles. The SMILES string of the molecule is CC(c1nc(C(C)(C)C)no1)N1CCC(N)C(C)(C)C1. The molecule has 2 heterocycles. The highest BCUT2D eigenvalue weighted by Gasteiger charge is 2.37. The summed E-state index contributed by atoms with van der Waals surface area (Å²) in [6, 6.07) is 0.407. The van der Waals surface area contributed by atoms with Crippen LogP contribution in [0.15, 0.2) is 4.52 Å². The van der Waals surface area contributed by atoms with E-state index in [-0.39, 0.29) is 22.9 Å². The van der Waals surface area contributed by atoms with Crippen LogP contribution in [0.4, 0.5) is 0 Å². The van der Waals surface area contributed by atoms with E-state index in [1.165, 1.54) is 0 Å². The van der Waals surface area contributed by atoms with Crippen LogP contribution in [0.25, 0.3) is 0 Å². The summed E-state index contributed by atoms with van der Waals surface area (Å²) in [4.78, 5) is 6.96. The van der Waals surface area contributed by atoms with Crippen molar-refractivity contribution in [3.63, 3.8) is 0 Å². The van der Waals surface area contributed by atoms with E-state index in [0.717, 1.165) is 25.3 Å². The molecule has 5 nitrogen and oxygen atoms in total. The Morgan fingerprint density at radius 3 is 2.55 bits per heavy atom. The Kier molecular flexibility index (Phi) is 3.95. The number of aromatic nitrogens is 2. The van der Waals surface area contributed by atoms with E-state index >= 15 is 0 Å². The molecule has 0 radical (unpaired) electrons. The van der Waals surface area contributed by atoms with Crippen LogP contribution in [0.3, 0.4) is 0 Å². The van der Waals surface area contributed by atoms with Crippen molar-refractivity contribution in [2.75, 3.05) is 13.1 Å². The summed E-state index contributed by atoms with van der Waals surface area (Å²) < 4.78 is 5.47. The van der Waals surface area contributed by atoms with Gasteiger partial charge in [-0.25, -0.2) is 0 Å². The van der Waals surface area contributed by atoms with Crippen molar-refractivity contribution in [3.8, 4) is 0 Å². The van der Waals surface area contributed by atoms with Gasteiger partial charge in [0.2, 0.25) is 5.89 Å². The molecule has 2 unspecified atom stereocenters. The molecule has 1 aliphatic rings. The summed E-state index contributed by atoms with van der Waals surface area (Å²) in [7, 11) is 0. The van der Waals surface area contributed by atoms with E-state index in [1.807, 2.05) is 0 Å². The van der Waals surface area contributed by atoms with E-state index in [4.69, 9.17) is 10.3 Å². The maximum atomic E-state index is 6.20. The average molecular weight is 280 g/mol. The second-order valence-electron chi connectivity index (χ2n) is 7.74. The van der Waals surface area contributed by atoms with Gasteiger partial charge in [0.1, 0.15) is 0 Å². The fraction of sp³-hybridized carbons (Fsp3) is 0.867. The number of rotatable bonds is 2. The summed E-state index contributed by atoms with van der Waals surface area (Å²) in [6.07, 6.45) is 1.01. The minimum atomic E-state index is -0.0784. The van der Waals surface area contributed by atoms with E-state index in [1.54, 1.807) is 0 Å². The Hall–Kier alpha value is -0.940. The first-order valence-electron chi connectivity index (χ1n) is 7.45. The first-order valence-corrected chi connectivity index (χ1v) is 7.45. The molecule has 20 heavy (non-hydrogen) atoms. The number of hydrogen-bond donors (Lipinski definition) is 1. The summed E-state index contributed by atoms with van der Waals surface area (Å²) in [5.41, 5.74) is 6.24. The minimum Gasteiger partial charge on any atom is -0.338 e. The van der Waals surface area contributed by atoms with Crippen LogP contribution in [-0.2, 0) is 5.41 Å². The number of nitrogens with zero attached hydrogens (tertiary/aromatic N) is 3. The van der Waals surface area contributed by atoms with Gasteiger partial charge in [-0.15, -0.1) is 0 Å². The predicted octanol–water partition coefficient (Wildman–Crippen LogP) is 2.49. The molecule has 1 saturated heterocycles. The quantitative estimate of drug-likeness (QED) is 0.901. The first-order chi connectivity index (χ1) is 9.11. The normalized spacial score (nSPS) is 25.6. The van der Waals surface area contributed by atoms with Gasteiger partial charge in [0, 0.05) is 24.5 Å². The van der Waals surface area contributed by atoms with Crippen LogP contribution >= 0.6 is 0 Å². The molecule has 0 amide bonds. The van der Waals surface area contributed by atoms with Crippen LogP contribution in [0.2, 0.25) is 0 Å². The van der Waals surface area contributed by atoms with Crippen molar-refractivity contribution in [2.45, 2.75) is 65.5 Å². The molecule has 0 spiro atoms. The van der Waals surface area contributed by atoms with E-state index in [9.17, 15) is 0 Å². The molecule has 2 atom stereocenters. The molecule has 0 bridgehead atoms. The third-order valence-corrected chi connectivity index (χ3v) is 4.36. The molecule has 5 heteroatoms. The van der Waals surface area contributed by atoms with Crippen molar-refractivity contribution >= 4 is 0 Å². The summed E-state index contributed by atoms with van der Waals surface area (Å²) in [6.45, 7) is 14.8. The van der Waals surface area contributed by atoms with E-state index in [2.05, 4.69) is 56.6 Å². The minimum absolute atomic E-state index is 0.0784. The zero-order chi connectivity index (χ0) is 15.1. The second-order valence-corrected chi connectivity index (χ2v) is 7.74. The smallest absolute Gasteiger partial charge is 0.243 e. The third kappa shape index (κ3) is 3.04. The summed E-state index contributed by atoms with van der Waals surface area (Å²) in [5, 5.41) is 4.12. The van der Waals surface area contributed by atoms with Gasteiger partial charge in [-0.2, -0.15) is 4.98 Å². The lowest BCUT2D eigenvalue weighted by atomic mass is 9.79. The van der Waals surface area contributed by atoms with Crippen molar-refractivity contribution in [1.82, 2.24) is 15.0 Å². The van der Waals surface area contributed by atoms with Gasteiger partial charge in [-0.3, -0.25) is 4.90 Å². The molecule has 1 fully saturated rings. The molecule has 0 aliphatic carbocycles. The topological polar surface area (TPSA) is 68.2 Å². The molecule has 114 valence electrons. The number of piperidine rings is 1. The first kappa shape index (κ1) is 15.4. The maximum absolute atomic E-state index is 6.20. The molecule has 0 aromatic carbocycles. The average Bonchev–Trinajstić information content (AvgIpc) is 2.80. The second kappa shape index (κ2) is 5.11. The maximum Gasteiger partial charge on any atom is 0.243 e. The van der Waals surface area contributed by atoms with Crippen molar-refractivity contribution in [1.29, 1.82) is 0 Å². The highest BCUT2D eigenvalue weighted by atomic mass is 16.5. The van der Waals surface area contributed by atoms with Crippen LogP contribution in [0.5, 0.6) is 0 Å². The standard InChI is InChI=1S/C15H28N4O/c1-10(12-17-13(18-20-12)14(2,3)4)19-8-7-11(16)15(5,6)9-19/h10-11H,7-9,16H2,1-6H3. The lowest BCUT2D eigenvalue weighted by molar-refractivity contribution is 0.0549. The zero-order valence-electron chi connectivity index (χ0n) is 13.6. The number of nitrogens with two attached hydrogens (primary N) is 1. The summed E-state index contributed by atoms with van der Waals surface area (Å²) >= 11 is 0. The summed E-state index contributed by atoms with van der Waals surface area (Å²) in [5.74, 6) is 1.48. The van der Waals surface area contributed by atoms with Crippen LogP contribution in [-0.4, -0.2) is 34.2 Å². The Morgan fingerprint density at radius 1 is 1.40 bits per heavy atom. The lowest BCUT2D eigenvalue weighted by Crippen LogP contribution is -2.52. The van der Waals surface area contributed by atoms with Gasteiger partial charge in [-0.1, -0.05) is 39.8 Å². The molecular weight excluding hydrogens is 252 g/mol. The van der Waals surface area contributed by atoms with Crippen molar-refractivity contribution in [2.24, 2.45) is 11.1 Å². The van der Waals surface area contributed by atoms with Gasteiger partial charge in [0.05, 0.1) is 6.04 Å². The van der Waals surface area contributed by atoms with Gasteiger partial charge >= 0.3 is 0 Å². The molecule has 2 N–H and O–H groups in total. The molecule has 1 aromatic rings. The van der Waals surface area contributed by atoms with Crippen molar-refractivity contribution < 1.29 is 4.52 Å². The van der Waals surface area contributed by atoms with Gasteiger partial charge in [0.25, 0.3) is 0 Å². The Morgan fingerprint density at radius 2 is 2.05 bits per heavy atom. The fourth-order valence-electron chi connectivity index (χ4n) is 2.61. The number of likely N-dealkylation sites (tertiary alicyclic amines) is 1. The highest BCUT2D eigenvalue weighted by molar-refractivity contribution is 5.03. The highest BCUT2D eigenvalue weighted by Crippen LogP contribution is 2.33. The van der Waals surface area contributed by atoms with Gasteiger partial charge < -0.3 is 10.3 Å². The zero-order valence-corrected chi connectivity index (χ0v) is 13.6. The fourth-order valence-corrected chi connectivity index (χ4v) is 2.61. The lowest BCUT2D eigenvalue weighted by Gasteiger charge is -2.44. The largest absolute Gasteiger partial charge is 0.338 e.